The number of carboxylic acids is 1. The molecule has 0 spiro atoms. The summed E-state index contributed by atoms with van der Waals surface area (Å²) in [5, 5.41) is 19.8. The molecule has 17 heavy (non-hydrogen) atoms. The molecule has 2 atom stereocenters. The van der Waals surface area contributed by atoms with Crippen molar-refractivity contribution in [2.75, 3.05) is 19.6 Å². The molecule has 94 valence electrons. The summed E-state index contributed by atoms with van der Waals surface area (Å²) in [5.74, 6) is -0.813. The van der Waals surface area contributed by atoms with Crippen molar-refractivity contribution in [2.45, 2.75) is 25.8 Å². The van der Waals surface area contributed by atoms with Gasteiger partial charge in [-0.15, -0.1) is 0 Å². The Morgan fingerprint density at radius 2 is 2.29 bits per heavy atom. The molecular formula is C11H17N3O3. The van der Waals surface area contributed by atoms with Crippen LogP contribution in [0, 0.1) is 17.2 Å². The van der Waals surface area contributed by atoms with Crippen molar-refractivity contribution in [2.24, 2.45) is 5.92 Å². The molecule has 1 heterocycles. The monoisotopic (exact) mass is 239 g/mol. The van der Waals surface area contributed by atoms with Gasteiger partial charge in [-0.05, 0) is 25.3 Å². The fraction of sp³-hybridized carbons (Fsp3) is 0.727. The van der Waals surface area contributed by atoms with E-state index in [1.165, 1.54) is 0 Å². The number of aliphatic carboxylic acids is 1. The number of carboxylic acid groups (broad SMARTS) is 1. The van der Waals surface area contributed by atoms with Gasteiger partial charge in [0.2, 0.25) is 5.91 Å². The molecule has 6 heteroatoms. The number of nitrogens with zero attached hydrogens (tertiary/aromatic N) is 2. The van der Waals surface area contributed by atoms with Crippen molar-refractivity contribution in [1.82, 2.24) is 10.2 Å². The van der Waals surface area contributed by atoms with E-state index in [4.69, 9.17) is 10.4 Å². The zero-order valence-electron chi connectivity index (χ0n) is 9.85. The van der Waals surface area contributed by atoms with Crippen LogP contribution in [-0.2, 0) is 9.59 Å². The van der Waals surface area contributed by atoms with Gasteiger partial charge < -0.3 is 10.4 Å². The van der Waals surface area contributed by atoms with E-state index in [2.05, 4.69) is 5.32 Å². The van der Waals surface area contributed by atoms with Crippen molar-refractivity contribution in [1.29, 1.82) is 5.26 Å². The van der Waals surface area contributed by atoms with Crippen LogP contribution in [0.2, 0.25) is 0 Å². The first-order valence-corrected chi connectivity index (χ1v) is 5.65. The lowest BCUT2D eigenvalue weighted by Crippen LogP contribution is -2.50. The van der Waals surface area contributed by atoms with Crippen LogP contribution in [0.1, 0.15) is 19.8 Å². The second-order valence-corrected chi connectivity index (χ2v) is 4.39. The standard InChI is InChI=1S/C11H17N3O3/c1-8-2-5-14(9(6-8)11(16)17)7-10(15)13-4-3-12/h8-9H,2,4-7H2,1H3,(H,13,15)(H,16,17). The van der Waals surface area contributed by atoms with Gasteiger partial charge in [0, 0.05) is 0 Å². The first-order valence-electron chi connectivity index (χ1n) is 5.65. The molecule has 0 aromatic carbocycles. The molecule has 1 saturated heterocycles. The maximum absolute atomic E-state index is 11.4. The number of nitriles is 1. The van der Waals surface area contributed by atoms with Gasteiger partial charge in [-0.3, -0.25) is 14.5 Å². The van der Waals surface area contributed by atoms with Crippen LogP contribution in [0.3, 0.4) is 0 Å². The van der Waals surface area contributed by atoms with Crippen molar-refractivity contribution in [3.05, 3.63) is 0 Å². The average molecular weight is 239 g/mol. The highest BCUT2D eigenvalue weighted by molar-refractivity contribution is 5.80. The number of hydrogen-bond donors (Lipinski definition) is 2. The largest absolute Gasteiger partial charge is 0.480 e. The van der Waals surface area contributed by atoms with E-state index in [0.29, 0.717) is 18.9 Å². The first kappa shape index (κ1) is 13.5. The Morgan fingerprint density at radius 1 is 1.59 bits per heavy atom. The summed E-state index contributed by atoms with van der Waals surface area (Å²) in [6, 6.07) is 1.22. The maximum atomic E-state index is 11.4. The summed E-state index contributed by atoms with van der Waals surface area (Å²) < 4.78 is 0. The van der Waals surface area contributed by atoms with Crippen LogP contribution < -0.4 is 5.32 Å². The summed E-state index contributed by atoms with van der Waals surface area (Å²) in [6.07, 6.45) is 1.47. The highest BCUT2D eigenvalue weighted by atomic mass is 16.4. The number of likely N-dealkylation sites (tertiary alicyclic amines) is 1. The molecule has 0 saturated carbocycles. The van der Waals surface area contributed by atoms with Gasteiger partial charge in [-0.25, -0.2) is 0 Å². The molecule has 0 aromatic heterocycles. The Balaban J connectivity index is 2.53. The smallest absolute Gasteiger partial charge is 0.320 e. The third-order valence-corrected chi connectivity index (χ3v) is 2.97. The average Bonchev–Trinajstić information content (AvgIpc) is 2.28. The molecule has 0 aliphatic carbocycles. The first-order chi connectivity index (χ1) is 8.04. The Bertz CT molecular complexity index is 337. The van der Waals surface area contributed by atoms with Crippen LogP contribution in [0.5, 0.6) is 0 Å². The van der Waals surface area contributed by atoms with Crippen LogP contribution in [-0.4, -0.2) is 47.6 Å². The fourth-order valence-electron chi connectivity index (χ4n) is 2.01. The highest BCUT2D eigenvalue weighted by Gasteiger charge is 2.32. The summed E-state index contributed by atoms with van der Waals surface area (Å²) in [7, 11) is 0. The number of carbonyl (C=O) groups excluding carboxylic acids is 1. The normalized spacial score (nSPS) is 24.9. The zero-order chi connectivity index (χ0) is 12.8. The molecule has 0 aromatic rings. The maximum Gasteiger partial charge on any atom is 0.320 e. The second-order valence-electron chi connectivity index (χ2n) is 4.39. The lowest BCUT2D eigenvalue weighted by molar-refractivity contribution is -0.146. The van der Waals surface area contributed by atoms with Gasteiger partial charge in [0.05, 0.1) is 12.6 Å². The third kappa shape index (κ3) is 4.04. The summed E-state index contributed by atoms with van der Waals surface area (Å²) in [6.45, 7) is 2.63. The summed E-state index contributed by atoms with van der Waals surface area (Å²) >= 11 is 0. The number of hydrogen-bond acceptors (Lipinski definition) is 4. The minimum absolute atomic E-state index is 0.0409. The second kappa shape index (κ2) is 6.21. The van der Waals surface area contributed by atoms with Crippen LogP contribution in [0.15, 0.2) is 0 Å². The van der Waals surface area contributed by atoms with E-state index in [9.17, 15) is 9.59 Å². The van der Waals surface area contributed by atoms with E-state index in [1.807, 2.05) is 13.0 Å². The quantitative estimate of drug-likeness (QED) is 0.663. The predicted octanol–water partition coefficient (Wildman–Crippen LogP) is -0.189. The van der Waals surface area contributed by atoms with Gasteiger partial charge in [0.25, 0.3) is 0 Å². The van der Waals surface area contributed by atoms with Crippen LogP contribution in [0.4, 0.5) is 0 Å². The zero-order valence-corrected chi connectivity index (χ0v) is 9.85. The molecule has 2 N–H and O–H groups in total. The Kier molecular flexibility index (Phi) is 4.91. The third-order valence-electron chi connectivity index (χ3n) is 2.97. The molecule has 1 rings (SSSR count). The fourth-order valence-corrected chi connectivity index (χ4v) is 2.01. The van der Waals surface area contributed by atoms with E-state index >= 15 is 0 Å². The molecular weight excluding hydrogens is 222 g/mol. The van der Waals surface area contributed by atoms with E-state index < -0.39 is 12.0 Å². The van der Waals surface area contributed by atoms with Crippen LogP contribution >= 0.6 is 0 Å². The lowest BCUT2D eigenvalue weighted by atomic mass is 9.92. The molecule has 6 nitrogen and oxygen atoms in total. The highest BCUT2D eigenvalue weighted by Crippen LogP contribution is 2.22. The summed E-state index contributed by atoms with van der Waals surface area (Å²) in [4.78, 5) is 24.2. The molecule has 0 radical (unpaired) electrons. The molecule has 0 bridgehead atoms. The van der Waals surface area contributed by atoms with Gasteiger partial charge in [-0.1, -0.05) is 6.92 Å². The van der Waals surface area contributed by atoms with Crippen molar-refractivity contribution in [3.63, 3.8) is 0 Å². The number of rotatable bonds is 4. The minimum Gasteiger partial charge on any atom is -0.480 e. The van der Waals surface area contributed by atoms with Gasteiger partial charge >= 0.3 is 5.97 Å². The van der Waals surface area contributed by atoms with Crippen LogP contribution in [0.25, 0.3) is 0 Å². The Morgan fingerprint density at radius 3 is 2.88 bits per heavy atom. The molecule has 2 unspecified atom stereocenters. The van der Waals surface area contributed by atoms with Gasteiger partial charge in [0.1, 0.15) is 12.6 Å². The number of amides is 1. The number of piperidine rings is 1. The predicted molar refractivity (Wildman–Crippen MR) is 60.0 cm³/mol. The SMILES string of the molecule is CC1CCN(CC(=O)NCC#N)C(C(=O)O)C1. The van der Waals surface area contributed by atoms with Gasteiger partial charge in [0.15, 0.2) is 0 Å². The molecule has 1 aliphatic rings. The van der Waals surface area contributed by atoms with E-state index in [1.54, 1.807) is 4.90 Å². The van der Waals surface area contributed by atoms with E-state index in [0.717, 1.165) is 6.42 Å². The lowest BCUT2D eigenvalue weighted by Gasteiger charge is -2.35. The van der Waals surface area contributed by atoms with Crippen molar-refractivity contribution in [3.8, 4) is 6.07 Å². The molecule has 1 amide bonds. The topological polar surface area (TPSA) is 93.4 Å². The summed E-state index contributed by atoms with van der Waals surface area (Å²) in [5.41, 5.74) is 0. The Labute approximate surface area is 100 Å². The van der Waals surface area contributed by atoms with Gasteiger partial charge in [-0.2, -0.15) is 5.26 Å². The number of carbonyl (C=O) groups is 2. The Hall–Kier alpha value is -1.61. The van der Waals surface area contributed by atoms with E-state index in [-0.39, 0.29) is 19.0 Å². The molecule has 1 aliphatic heterocycles. The van der Waals surface area contributed by atoms with Crippen molar-refractivity contribution < 1.29 is 14.7 Å². The molecule has 1 fully saturated rings. The number of nitrogens with one attached hydrogen (secondary N) is 1. The minimum atomic E-state index is -0.885. The van der Waals surface area contributed by atoms with Crippen molar-refractivity contribution >= 4 is 11.9 Å².